The van der Waals surface area contributed by atoms with Gasteiger partial charge in [0, 0.05) is 26.0 Å². The highest BCUT2D eigenvalue weighted by Crippen LogP contribution is 2.13. The summed E-state index contributed by atoms with van der Waals surface area (Å²) in [6.45, 7) is 6.27. The second-order valence-corrected chi connectivity index (χ2v) is 4.12. The molecule has 0 aliphatic carbocycles. The molecule has 1 aromatic rings. The molecule has 0 atom stereocenters. The van der Waals surface area contributed by atoms with Gasteiger partial charge in [0.25, 0.3) is 0 Å². The molecule has 102 valence electrons. The molecule has 0 aliphatic rings. The molecule has 18 heavy (non-hydrogen) atoms. The third kappa shape index (κ3) is 4.85. The summed E-state index contributed by atoms with van der Waals surface area (Å²) >= 11 is 0. The summed E-state index contributed by atoms with van der Waals surface area (Å²) < 4.78 is 15.7. The second-order valence-electron chi connectivity index (χ2n) is 4.12. The van der Waals surface area contributed by atoms with Crippen LogP contribution in [0.4, 0.5) is 5.95 Å². The molecular weight excluding hydrogens is 234 g/mol. The Morgan fingerprint density at radius 2 is 1.89 bits per heavy atom. The molecule has 6 nitrogen and oxygen atoms in total. The van der Waals surface area contributed by atoms with E-state index in [1.54, 1.807) is 20.3 Å². The Hall–Kier alpha value is -1.40. The van der Waals surface area contributed by atoms with Gasteiger partial charge in [-0.2, -0.15) is 4.98 Å². The molecule has 0 amide bonds. The van der Waals surface area contributed by atoms with E-state index >= 15 is 0 Å². The fourth-order valence-corrected chi connectivity index (χ4v) is 1.36. The zero-order valence-electron chi connectivity index (χ0n) is 11.6. The Labute approximate surface area is 108 Å². The van der Waals surface area contributed by atoms with Crippen LogP contribution in [-0.2, 0) is 9.47 Å². The fourth-order valence-electron chi connectivity index (χ4n) is 1.36. The van der Waals surface area contributed by atoms with Gasteiger partial charge in [0.1, 0.15) is 0 Å². The molecule has 0 fully saturated rings. The monoisotopic (exact) mass is 255 g/mol. The molecule has 0 radical (unpaired) electrons. The lowest BCUT2D eigenvalue weighted by Crippen LogP contribution is -2.24. The van der Waals surface area contributed by atoms with Crippen LogP contribution in [0.2, 0.25) is 0 Å². The van der Waals surface area contributed by atoms with Crippen molar-refractivity contribution >= 4 is 5.95 Å². The second kappa shape index (κ2) is 7.13. The zero-order chi connectivity index (χ0) is 13.5. The topological polar surface area (TPSA) is 65.5 Å². The van der Waals surface area contributed by atoms with Crippen molar-refractivity contribution < 1.29 is 14.2 Å². The van der Waals surface area contributed by atoms with E-state index in [0.717, 1.165) is 5.69 Å². The number of hydrogen-bond donors (Lipinski definition) is 1. The van der Waals surface area contributed by atoms with E-state index in [1.165, 1.54) is 0 Å². The first-order valence-electron chi connectivity index (χ1n) is 5.87. The average molecular weight is 255 g/mol. The molecule has 1 N–H and O–H groups in total. The van der Waals surface area contributed by atoms with E-state index in [0.29, 0.717) is 18.4 Å². The Balaban J connectivity index is 2.67. The molecule has 0 aliphatic heterocycles. The minimum atomic E-state index is -0.330. The van der Waals surface area contributed by atoms with Crippen molar-refractivity contribution in [2.45, 2.75) is 33.2 Å². The van der Waals surface area contributed by atoms with E-state index in [2.05, 4.69) is 15.3 Å². The lowest BCUT2D eigenvalue weighted by atomic mass is 10.4. The number of hydrogen-bond acceptors (Lipinski definition) is 6. The Morgan fingerprint density at radius 1 is 1.22 bits per heavy atom. The van der Waals surface area contributed by atoms with Crippen molar-refractivity contribution in [3.63, 3.8) is 0 Å². The maximum Gasteiger partial charge on any atom is 0.226 e. The molecule has 0 aromatic carbocycles. The van der Waals surface area contributed by atoms with Crippen LogP contribution in [0.3, 0.4) is 0 Å². The van der Waals surface area contributed by atoms with E-state index in [4.69, 9.17) is 14.2 Å². The van der Waals surface area contributed by atoms with Crippen molar-refractivity contribution in [3.05, 3.63) is 11.8 Å². The summed E-state index contributed by atoms with van der Waals surface area (Å²) in [5.41, 5.74) is 0.842. The van der Waals surface area contributed by atoms with Crippen molar-refractivity contribution in [1.82, 2.24) is 9.97 Å². The largest absolute Gasteiger partial charge is 0.475 e. The average Bonchev–Trinajstić information content (AvgIpc) is 2.28. The van der Waals surface area contributed by atoms with Gasteiger partial charge < -0.3 is 19.5 Å². The first-order chi connectivity index (χ1) is 8.55. The first kappa shape index (κ1) is 14.7. The Morgan fingerprint density at radius 3 is 2.44 bits per heavy atom. The van der Waals surface area contributed by atoms with Gasteiger partial charge in [-0.05, 0) is 20.8 Å². The standard InChI is InChI=1S/C12H21N3O3/c1-8(2)18-10-6-9(3)14-12(15-10)13-7-11(16-4)17-5/h6,8,11H,7H2,1-5H3,(H,13,14,15). The number of aryl methyl sites for hydroxylation is 1. The number of anilines is 1. The number of nitrogens with zero attached hydrogens (tertiary/aromatic N) is 2. The van der Waals surface area contributed by atoms with Crippen LogP contribution in [-0.4, -0.2) is 43.1 Å². The predicted molar refractivity (Wildman–Crippen MR) is 68.8 cm³/mol. The maximum atomic E-state index is 5.54. The number of methoxy groups -OCH3 is 2. The van der Waals surface area contributed by atoms with E-state index in [-0.39, 0.29) is 12.4 Å². The normalized spacial score (nSPS) is 11.1. The Bertz CT molecular complexity index is 368. The number of aromatic nitrogens is 2. The molecule has 6 heteroatoms. The van der Waals surface area contributed by atoms with Gasteiger partial charge in [-0.15, -0.1) is 0 Å². The lowest BCUT2D eigenvalue weighted by molar-refractivity contribution is -0.0914. The summed E-state index contributed by atoms with van der Waals surface area (Å²) in [5.74, 6) is 1.07. The van der Waals surface area contributed by atoms with Gasteiger partial charge in [-0.25, -0.2) is 4.98 Å². The molecule has 0 saturated carbocycles. The van der Waals surface area contributed by atoms with Crippen LogP contribution in [0.15, 0.2) is 6.07 Å². The third-order valence-electron chi connectivity index (χ3n) is 2.14. The van der Waals surface area contributed by atoms with Crippen LogP contribution < -0.4 is 10.1 Å². The number of rotatable bonds is 7. The molecule has 0 unspecified atom stereocenters. The van der Waals surface area contributed by atoms with Gasteiger partial charge in [-0.3, -0.25) is 0 Å². The van der Waals surface area contributed by atoms with E-state index in [9.17, 15) is 0 Å². The molecule has 1 aromatic heterocycles. The highest BCUT2D eigenvalue weighted by atomic mass is 16.7. The van der Waals surface area contributed by atoms with Crippen LogP contribution in [0.1, 0.15) is 19.5 Å². The Kier molecular flexibility index (Phi) is 5.80. The van der Waals surface area contributed by atoms with Crippen molar-refractivity contribution in [2.75, 3.05) is 26.1 Å². The molecule has 0 spiro atoms. The van der Waals surface area contributed by atoms with Crippen LogP contribution in [0.5, 0.6) is 5.88 Å². The summed E-state index contributed by atoms with van der Waals surface area (Å²) in [5, 5.41) is 3.05. The molecule has 0 bridgehead atoms. The summed E-state index contributed by atoms with van der Waals surface area (Å²) in [6.07, 6.45) is -0.249. The molecular formula is C12H21N3O3. The van der Waals surface area contributed by atoms with Crippen LogP contribution in [0.25, 0.3) is 0 Å². The van der Waals surface area contributed by atoms with Gasteiger partial charge >= 0.3 is 0 Å². The predicted octanol–water partition coefficient (Wildman–Crippen LogP) is 1.60. The minimum Gasteiger partial charge on any atom is -0.475 e. The van der Waals surface area contributed by atoms with E-state index < -0.39 is 0 Å². The minimum absolute atomic E-state index is 0.0813. The van der Waals surface area contributed by atoms with E-state index in [1.807, 2.05) is 20.8 Å². The quantitative estimate of drug-likeness (QED) is 0.747. The van der Waals surface area contributed by atoms with Crippen molar-refractivity contribution in [2.24, 2.45) is 0 Å². The van der Waals surface area contributed by atoms with Gasteiger partial charge in [0.2, 0.25) is 11.8 Å². The van der Waals surface area contributed by atoms with Gasteiger partial charge in [-0.1, -0.05) is 0 Å². The SMILES string of the molecule is COC(CNc1nc(C)cc(OC(C)C)n1)OC. The van der Waals surface area contributed by atoms with Crippen LogP contribution in [0, 0.1) is 6.92 Å². The lowest BCUT2D eigenvalue weighted by Gasteiger charge is -2.15. The highest BCUT2D eigenvalue weighted by molar-refractivity contribution is 5.30. The number of ether oxygens (including phenoxy) is 3. The fraction of sp³-hybridized carbons (Fsp3) is 0.667. The third-order valence-corrected chi connectivity index (χ3v) is 2.14. The smallest absolute Gasteiger partial charge is 0.226 e. The van der Waals surface area contributed by atoms with Gasteiger partial charge in [0.05, 0.1) is 12.6 Å². The zero-order valence-corrected chi connectivity index (χ0v) is 11.6. The first-order valence-corrected chi connectivity index (χ1v) is 5.87. The molecule has 1 rings (SSSR count). The molecule has 1 heterocycles. The highest BCUT2D eigenvalue weighted by Gasteiger charge is 2.08. The van der Waals surface area contributed by atoms with Crippen molar-refractivity contribution in [1.29, 1.82) is 0 Å². The van der Waals surface area contributed by atoms with Gasteiger partial charge in [0.15, 0.2) is 6.29 Å². The van der Waals surface area contributed by atoms with Crippen molar-refractivity contribution in [3.8, 4) is 5.88 Å². The summed E-state index contributed by atoms with van der Waals surface area (Å²) in [4.78, 5) is 8.53. The summed E-state index contributed by atoms with van der Waals surface area (Å²) in [6, 6.07) is 1.80. The van der Waals surface area contributed by atoms with Crippen LogP contribution >= 0.6 is 0 Å². The number of nitrogens with one attached hydrogen (secondary N) is 1. The maximum absolute atomic E-state index is 5.54. The molecule has 0 saturated heterocycles. The summed E-state index contributed by atoms with van der Waals surface area (Å²) in [7, 11) is 3.17.